The van der Waals surface area contributed by atoms with Crippen molar-refractivity contribution in [2.45, 2.75) is 32.1 Å². The van der Waals surface area contributed by atoms with E-state index in [4.69, 9.17) is 4.74 Å². The molecule has 0 spiro atoms. The highest BCUT2D eigenvalue weighted by molar-refractivity contribution is 5.76. The molecule has 18 heavy (non-hydrogen) atoms. The van der Waals surface area contributed by atoms with Crippen LogP contribution in [-0.2, 0) is 16.1 Å². The van der Waals surface area contributed by atoms with Gasteiger partial charge in [-0.1, -0.05) is 30.3 Å². The van der Waals surface area contributed by atoms with E-state index in [9.17, 15) is 9.18 Å². The summed E-state index contributed by atoms with van der Waals surface area (Å²) in [5.41, 5.74) is 1.08. The molecule has 4 heteroatoms. The van der Waals surface area contributed by atoms with Crippen molar-refractivity contribution in [2.24, 2.45) is 0 Å². The lowest BCUT2D eigenvalue weighted by atomic mass is 10.2. The summed E-state index contributed by atoms with van der Waals surface area (Å²) < 4.78 is 18.5. The van der Waals surface area contributed by atoms with Crippen LogP contribution in [0.1, 0.15) is 18.9 Å². The summed E-state index contributed by atoms with van der Waals surface area (Å²) in [6.07, 6.45) is -0.700. The van der Waals surface area contributed by atoms with Gasteiger partial charge in [-0.15, -0.1) is 0 Å². The van der Waals surface area contributed by atoms with Gasteiger partial charge in [0.1, 0.15) is 12.2 Å². The highest BCUT2D eigenvalue weighted by Crippen LogP contribution is 2.23. The van der Waals surface area contributed by atoms with E-state index in [-0.39, 0.29) is 12.4 Å². The lowest BCUT2D eigenvalue weighted by Gasteiger charge is -2.22. The van der Waals surface area contributed by atoms with Crippen molar-refractivity contribution in [3.05, 3.63) is 35.9 Å². The number of rotatable bonds is 4. The van der Waals surface area contributed by atoms with E-state index in [1.165, 1.54) is 0 Å². The molecule has 0 aliphatic carbocycles. The van der Waals surface area contributed by atoms with Crippen LogP contribution in [0.5, 0.6) is 0 Å². The second-order valence-corrected chi connectivity index (χ2v) is 4.52. The molecule has 1 fully saturated rings. The fraction of sp³-hybridized carbons (Fsp3) is 0.500. The van der Waals surface area contributed by atoms with Gasteiger partial charge in [0.2, 0.25) is 0 Å². The molecule has 0 N–H and O–H groups in total. The zero-order chi connectivity index (χ0) is 13.0. The Bertz CT molecular complexity index is 396. The van der Waals surface area contributed by atoms with Crippen molar-refractivity contribution in [2.75, 3.05) is 13.2 Å². The van der Waals surface area contributed by atoms with Crippen molar-refractivity contribution in [3.8, 4) is 0 Å². The van der Waals surface area contributed by atoms with Crippen molar-refractivity contribution >= 4 is 5.97 Å². The molecule has 2 atom stereocenters. The van der Waals surface area contributed by atoms with Gasteiger partial charge in [0.05, 0.1) is 6.61 Å². The number of nitrogens with zero attached hydrogens (tertiary/aromatic N) is 1. The molecule has 2 rings (SSSR count). The van der Waals surface area contributed by atoms with Gasteiger partial charge < -0.3 is 4.74 Å². The van der Waals surface area contributed by atoms with Crippen molar-refractivity contribution in [1.29, 1.82) is 0 Å². The Morgan fingerprint density at radius 2 is 2.17 bits per heavy atom. The molecule has 1 aliphatic heterocycles. The molecule has 1 heterocycles. The number of halogens is 1. The van der Waals surface area contributed by atoms with Gasteiger partial charge in [0, 0.05) is 19.5 Å². The summed E-state index contributed by atoms with van der Waals surface area (Å²) in [5.74, 6) is -0.311. The van der Waals surface area contributed by atoms with E-state index in [2.05, 4.69) is 0 Å². The molecule has 0 aromatic heterocycles. The smallest absolute Gasteiger partial charge is 0.323 e. The van der Waals surface area contributed by atoms with Crippen LogP contribution in [0.25, 0.3) is 0 Å². The maximum Gasteiger partial charge on any atom is 0.323 e. The SMILES string of the molecule is CCOC(=O)C1CC(F)CN1Cc1ccccc1. The Morgan fingerprint density at radius 3 is 2.83 bits per heavy atom. The second-order valence-electron chi connectivity index (χ2n) is 4.52. The second kappa shape index (κ2) is 5.96. The average Bonchev–Trinajstić information content (AvgIpc) is 2.72. The van der Waals surface area contributed by atoms with Gasteiger partial charge in [-0.2, -0.15) is 0 Å². The molecule has 0 radical (unpaired) electrons. The summed E-state index contributed by atoms with van der Waals surface area (Å²) in [6.45, 7) is 3.00. The van der Waals surface area contributed by atoms with Crippen LogP contribution in [0.2, 0.25) is 0 Å². The van der Waals surface area contributed by atoms with Gasteiger partial charge >= 0.3 is 5.97 Å². The normalized spacial score (nSPS) is 24.1. The molecule has 0 amide bonds. The zero-order valence-corrected chi connectivity index (χ0v) is 10.5. The zero-order valence-electron chi connectivity index (χ0n) is 10.5. The van der Waals surface area contributed by atoms with E-state index >= 15 is 0 Å². The third-order valence-corrected chi connectivity index (χ3v) is 3.14. The van der Waals surface area contributed by atoms with Gasteiger partial charge in [-0.05, 0) is 12.5 Å². The Kier molecular flexibility index (Phi) is 4.31. The third-order valence-electron chi connectivity index (χ3n) is 3.14. The fourth-order valence-corrected chi connectivity index (χ4v) is 2.32. The van der Waals surface area contributed by atoms with Crippen LogP contribution in [0.3, 0.4) is 0 Å². The molecule has 1 saturated heterocycles. The Morgan fingerprint density at radius 1 is 1.44 bits per heavy atom. The standard InChI is InChI=1S/C14H18FNO2/c1-2-18-14(17)13-8-12(15)10-16(13)9-11-6-4-3-5-7-11/h3-7,12-13H,2,8-10H2,1H3. The monoisotopic (exact) mass is 251 g/mol. The minimum absolute atomic E-state index is 0.242. The summed E-state index contributed by atoms with van der Waals surface area (Å²) in [4.78, 5) is 13.6. The summed E-state index contributed by atoms with van der Waals surface area (Å²) in [5, 5.41) is 0. The molecule has 0 bridgehead atoms. The summed E-state index contributed by atoms with van der Waals surface area (Å²) >= 11 is 0. The van der Waals surface area contributed by atoms with Crippen LogP contribution in [-0.4, -0.2) is 36.2 Å². The lowest BCUT2D eigenvalue weighted by Crippen LogP contribution is -2.36. The number of carbonyl (C=O) groups is 1. The number of benzene rings is 1. The fourth-order valence-electron chi connectivity index (χ4n) is 2.32. The largest absolute Gasteiger partial charge is 0.465 e. The predicted molar refractivity (Wildman–Crippen MR) is 66.8 cm³/mol. The van der Waals surface area contributed by atoms with Crippen LogP contribution in [0.4, 0.5) is 4.39 Å². The number of likely N-dealkylation sites (tertiary alicyclic amines) is 1. The van der Waals surface area contributed by atoms with Crippen molar-refractivity contribution in [1.82, 2.24) is 4.90 Å². The Balaban J connectivity index is 2.03. The average molecular weight is 251 g/mol. The number of hydrogen-bond donors (Lipinski definition) is 0. The molecule has 1 aromatic rings. The van der Waals surface area contributed by atoms with Crippen LogP contribution < -0.4 is 0 Å². The molecular weight excluding hydrogens is 233 g/mol. The number of esters is 1. The number of hydrogen-bond acceptors (Lipinski definition) is 3. The maximum absolute atomic E-state index is 13.5. The third kappa shape index (κ3) is 3.07. The van der Waals surface area contributed by atoms with Crippen LogP contribution in [0.15, 0.2) is 30.3 Å². The maximum atomic E-state index is 13.5. The van der Waals surface area contributed by atoms with Crippen LogP contribution in [0, 0.1) is 0 Å². The summed E-state index contributed by atoms with van der Waals surface area (Å²) in [7, 11) is 0. The molecular formula is C14H18FNO2. The highest BCUT2D eigenvalue weighted by Gasteiger charge is 2.37. The molecule has 3 nitrogen and oxygen atoms in total. The van der Waals surface area contributed by atoms with Crippen molar-refractivity contribution in [3.63, 3.8) is 0 Å². The number of ether oxygens (including phenoxy) is 1. The first kappa shape index (κ1) is 13.0. The topological polar surface area (TPSA) is 29.5 Å². The first-order valence-electron chi connectivity index (χ1n) is 6.29. The van der Waals surface area contributed by atoms with E-state index in [1.807, 2.05) is 35.2 Å². The number of carbonyl (C=O) groups excluding carboxylic acids is 1. The highest BCUT2D eigenvalue weighted by atomic mass is 19.1. The minimum Gasteiger partial charge on any atom is -0.465 e. The van der Waals surface area contributed by atoms with Gasteiger partial charge in [0.15, 0.2) is 0 Å². The van der Waals surface area contributed by atoms with E-state index in [0.29, 0.717) is 19.7 Å². The molecule has 2 unspecified atom stereocenters. The Hall–Kier alpha value is -1.42. The first-order valence-corrected chi connectivity index (χ1v) is 6.29. The predicted octanol–water partition coefficient (Wildman–Crippen LogP) is 2.16. The number of alkyl halides is 1. The molecule has 1 aromatic carbocycles. The Labute approximate surface area is 107 Å². The van der Waals surface area contributed by atoms with Crippen molar-refractivity contribution < 1.29 is 13.9 Å². The van der Waals surface area contributed by atoms with Gasteiger partial charge in [-0.25, -0.2) is 4.39 Å². The van der Waals surface area contributed by atoms with E-state index < -0.39 is 12.2 Å². The lowest BCUT2D eigenvalue weighted by molar-refractivity contribution is -0.148. The van der Waals surface area contributed by atoms with Crippen LogP contribution >= 0.6 is 0 Å². The van der Waals surface area contributed by atoms with Gasteiger partial charge in [0.25, 0.3) is 0 Å². The molecule has 98 valence electrons. The summed E-state index contributed by atoms with van der Waals surface area (Å²) in [6, 6.07) is 9.34. The minimum atomic E-state index is -0.942. The van der Waals surface area contributed by atoms with Gasteiger partial charge in [-0.3, -0.25) is 9.69 Å². The van der Waals surface area contributed by atoms with E-state index in [0.717, 1.165) is 5.56 Å². The van der Waals surface area contributed by atoms with E-state index in [1.54, 1.807) is 6.92 Å². The molecule has 0 saturated carbocycles. The quantitative estimate of drug-likeness (QED) is 0.768. The molecule has 1 aliphatic rings. The first-order chi connectivity index (χ1) is 8.70.